The maximum absolute atomic E-state index is 12.2. The predicted octanol–water partition coefficient (Wildman–Crippen LogP) is 1.72. The highest BCUT2D eigenvalue weighted by molar-refractivity contribution is 9.10. The lowest BCUT2D eigenvalue weighted by atomic mass is 10.1. The van der Waals surface area contributed by atoms with E-state index in [0.29, 0.717) is 11.2 Å². The number of benzene rings is 1. The van der Waals surface area contributed by atoms with Crippen LogP contribution in [0, 0.1) is 0 Å². The smallest absolute Gasteiger partial charge is 0.355 e. The number of esters is 2. The van der Waals surface area contributed by atoms with Crippen LogP contribution >= 0.6 is 15.9 Å². The summed E-state index contributed by atoms with van der Waals surface area (Å²) in [5, 5.41) is 7.89. The monoisotopic (exact) mass is 395 g/mol. The van der Waals surface area contributed by atoms with Crippen molar-refractivity contribution in [2.45, 2.75) is 0 Å². The van der Waals surface area contributed by atoms with Crippen LogP contribution in [0.5, 0.6) is 0 Å². The minimum absolute atomic E-state index is 0.0240. The van der Waals surface area contributed by atoms with Crippen LogP contribution in [0.25, 0.3) is 10.9 Å². The molecule has 0 unspecified atom stereocenters. The molecule has 2 aromatic rings. The number of aromatic nitrogens is 2. The second-order valence-electron chi connectivity index (χ2n) is 4.95. The second kappa shape index (κ2) is 6.62. The van der Waals surface area contributed by atoms with E-state index in [1.54, 1.807) is 17.0 Å². The Morgan fingerprint density at radius 3 is 2.75 bits per heavy atom. The number of H-pyrrole nitrogens is 1. The van der Waals surface area contributed by atoms with Crippen LogP contribution < -0.4 is 4.90 Å². The van der Waals surface area contributed by atoms with Crippen LogP contribution in [-0.4, -0.2) is 49.7 Å². The number of methoxy groups -OCH3 is 2. The summed E-state index contributed by atoms with van der Waals surface area (Å²) in [5.41, 5.74) is 1.56. The number of rotatable bonds is 3. The van der Waals surface area contributed by atoms with E-state index < -0.39 is 11.9 Å². The van der Waals surface area contributed by atoms with E-state index in [1.807, 2.05) is 6.07 Å². The zero-order valence-corrected chi connectivity index (χ0v) is 14.5. The molecule has 1 aromatic heterocycles. The van der Waals surface area contributed by atoms with Crippen molar-refractivity contribution >= 4 is 44.5 Å². The number of halogens is 1. The van der Waals surface area contributed by atoms with Gasteiger partial charge in [0.2, 0.25) is 0 Å². The van der Waals surface area contributed by atoms with Gasteiger partial charge in [0.25, 0.3) is 0 Å². The first-order valence-corrected chi connectivity index (χ1v) is 7.74. The number of nitrogens with one attached hydrogen (secondary N) is 1. The predicted molar refractivity (Wildman–Crippen MR) is 88.1 cm³/mol. The summed E-state index contributed by atoms with van der Waals surface area (Å²) in [6, 6.07) is 5.43. The third-order valence-electron chi connectivity index (χ3n) is 3.64. The largest absolute Gasteiger partial charge is 0.466 e. The number of fused-ring (bicyclic) bond motifs is 1. The molecule has 9 heteroatoms. The second-order valence-corrected chi connectivity index (χ2v) is 5.75. The third-order valence-corrected chi connectivity index (χ3v) is 4.24. The highest BCUT2D eigenvalue weighted by Gasteiger charge is 2.32. The van der Waals surface area contributed by atoms with Gasteiger partial charge in [-0.2, -0.15) is 5.10 Å². The van der Waals surface area contributed by atoms with Crippen molar-refractivity contribution in [1.29, 1.82) is 0 Å². The normalized spacial score (nSPS) is 14.9. The summed E-state index contributed by atoms with van der Waals surface area (Å²) in [6.45, 7) is 0.0752. The summed E-state index contributed by atoms with van der Waals surface area (Å²) in [4.78, 5) is 25.8. The quantitative estimate of drug-likeness (QED) is 0.790. The lowest BCUT2D eigenvalue weighted by molar-refractivity contribution is -0.140. The van der Waals surface area contributed by atoms with E-state index in [2.05, 4.69) is 26.1 Å². The number of hydrogen-bond donors (Lipinski definition) is 1. The molecule has 0 saturated heterocycles. The molecule has 0 aliphatic carbocycles. The molecule has 0 spiro atoms. The van der Waals surface area contributed by atoms with Crippen LogP contribution in [0.1, 0.15) is 0 Å². The first-order chi connectivity index (χ1) is 11.6. The minimum atomic E-state index is -0.637. The number of carbonyl (C=O) groups is 2. The molecule has 8 nitrogen and oxygen atoms in total. The average Bonchev–Trinajstić information content (AvgIpc) is 3.00. The molecule has 1 aliphatic heterocycles. The number of nitrogens with zero attached hydrogens (tertiary/aromatic N) is 2. The molecule has 126 valence electrons. The van der Waals surface area contributed by atoms with Crippen molar-refractivity contribution in [2.24, 2.45) is 0 Å². The van der Waals surface area contributed by atoms with E-state index in [9.17, 15) is 9.59 Å². The lowest BCUT2D eigenvalue weighted by Crippen LogP contribution is -2.38. The van der Waals surface area contributed by atoms with Crippen LogP contribution in [0.4, 0.5) is 5.69 Å². The van der Waals surface area contributed by atoms with Crippen LogP contribution in [0.3, 0.4) is 0 Å². The van der Waals surface area contributed by atoms with E-state index in [4.69, 9.17) is 14.2 Å². The van der Waals surface area contributed by atoms with Crippen molar-refractivity contribution in [2.75, 3.05) is 32.5 Å². The van der Waals surface area contributed by atoms with E-state index >= 15 is 0 Å². The van der Waals surface area contributed by atoms with E-state index in [1.165, 1.54) is 14.2 Å². The number of anilines is 1. The SMILES string of the molecule is COC(=O)C1=C(C(=O)OC)N(c2ccc3c(Br)[nH]nc3c2)COC1. The average molecular weight is 396 g/mol. The molecule has 3 rings (SSSR count). The molecular formula is C15H14BrN3O5. The summed E-state index contributed by atoms with van der Waals surface area (Å²) in [5.74, 6) is -1.27. The van der Waals surface area contributed by atoms with Crippen molar-refractivity contribution in [3.8, 4) is 0 Å². The molecule has 0 bridgehead atoms. The van der Waals surface area contributed by atoms with Crippen LogP contribution in [-0.2, 0) is 23.8 Å². The Morgan fingerprint density at radius 2 is 2.04 bits per heavy atom. The minimum Gasteiger partial charge on any atom is -0.466 e. The first kappa shape index (κ1) is 16.5. The molecule has 0 fully saturated rings. The first-order valence-electron chi connectivity index (χ1n) is 6.95. The van der Waals surface area contributed by atoms with Crippen molar-refractivity contribution in [3.63, 3.8) is 0 Å². The van der Waals surface area contributed by atoms with E-state index in [-0.39, 0.29) is 24.6 Å². The lowest BCUT2D eigenvalue weighted by Gasteiger charge is -2.31. The molecule has 0 saturated carbocycles. The summed E-state index contributed by atoms with van der Waals surface area (Å²) in [6.07, 6.45) is 0. The van der Waals surface area contributed by atoms with Gasteiger partial charge in [0, 0.05) is 11.1 Å². The Hall–Kier alpha value is -2.39. The van der Waals surface area contributed by atoms with Crippen LogP contribution in [0.2, 0.25) is 0 Å². The number of carbonyl (C=O) groups excluding carboxylic acids is 2. The molecule has 0 atom stereocenters. The summed E-state index contributed by atoms with van der Waals surface area (Å²) in [7, 11) is 2.50. The zero-order valence-electron chi connectivity index (χ0n) is 13.0. The summed E-state index contributed by atoms with van der Waals surface area (Å²) < 4.78 is 15.8. The maximum Gasteiger partial charge on any atom is 0.355 e. The topological polar surface area (TPSA) is 93.8 Å². The standard InChI is InChI=1S/C15H14BrN3O5/c1-22-14(20)10-6-24-7-19(12(10)15(21)23-2)8-3-4-9-11(5-8)17-18-13(9)16/h3-5H,6-7H2,1-2H3,(H,17,18). The molecule has 0 amide bonds. The van der Waals surface area contributed by atoms with Crippen molar-refractivity contribution in [1.82, 2.24) is 10.2 Å². The van der Waals surface area contributed by atoms with Crippen molar-refractivity contribution < 1.29 is 23.8 Å². The Morgan fingerprint density at radius 1 is 1.29 bits per heavy atom. The number of ether oxygens (including phenoxy) is 3. The van der Waals surface area contributed by atoms with Gasteiger partial charge in [-0.05, 0) is 34.1 Å². The molecule has 1 N–H and O–H groups in total. The Kier molecular flexibility index (Phi) is 4.54. The fourth-order valence-corrected chi connectivity index (χ4v) is 2.91. The molecule has 0 radical (unpaired) electrons. The number of hydrogen-bond acceptors (Lipinski definition) is 7. The molecule has 1 aromatic carbocycles. The van der Waals surface area contributed by atoms with Gasteiger partial charge in [0.1, 0.15) is 17.0 Å². The fraction of sp³-hybridized carbons (Fsp3) is 0.267. The van der Waals surface area contributed by atoms with E-state index in [0.717, 1.165) is 9.99 Å². The van der Waals surface area contributed by atoms with Gasteiger partial charge in [0.15, 0.2) is 0 Å². The molecule has 2 heterocycles. The Bertz CT molecular complexity index is 845. The van der Waals surface area contributed by atoms with Gasteiger partial charge in [-0.3, -0.25) is 5.10 Å². The molecule has 24 heavy (non-hydrogen) atoms. The van der Waals surface area contributed by atoms with Gasteiger partial charge in [0.05, 0.1) is 31.9 Å². The highest BCUT2D eigenvalue weighted by Crippen LogP contribution is 2.30. The zero-order chi connectivity index (χ0) is 17.3. The molecular weight excluding hydrogens is 382 g/mol. The van der Waals surface area contributed by atoms with Gasteiger partial charge < -0.3 is 19.1 Å². The highest BCUT2D eigenvalue weighted by atomic mass is 79.9. The molecule has 1 aliphatic rings. The van der Waals surface area contributed by atoms with Gasteiger partial charge >= 0.3 is 11.9 Å². The van der Waals surface area contributed by atoms with Crippen LogP contribution in [0.15, 0.2) is 34.1 Å². The van der Waals surface area contributed by atoms with Gasteiger partial charge in [-0.15, -0.1) is 0 Å². The van der Waals surface area contributed by atoms with Gasteiger partial charge in [-0.1, -0.05) is 0 Å². The van der Waals surface area contributed by atoms with Crippen molar-refractivity contribution in [3.05, 3.63) is 34.1 Å². The maximum atomic E-state index is 12.2. The fourth-order valence-electron chi connectivity index (χ4n) is 2.48. The third kappa shape index (κ3) is 2.76. The number of aromatic amines is 1. The van der Waals surface area contributed by atoms with Gasteiger partial charge in [-0.25, -0.2) is 9.59 Å². The Balaban J connectivity index is 2.11. The summed E-state index contributed by atoms with van der Waals surface area (Å²) >= 11 is 3.37. The Labute approximate surface area is 145 Å².